The van der Waals surface area contributed by atoms with Crippen LogP contribution in [0.2, 0.25) is 0 Å². The Morgan fingerprint density at radius 3 is 2.26 bits per heavy atom. The van der Waals surface area contributed by atoms with Gasteiger partial charge in [0, 0.05) is 5.92 Å². The van der Waals surface area contributed by atoms with E-state index < -0.39 is 11.6 Å². The van der Waals surface area contributed by atoms with Crippen LogP contribution in [-0.4, -0.2) is 19.6 Å². The van der Waals surface area contributed by atoms with Crippen molar-refractivity contribution < 1.29 is 13.5 Å². The highest BCUT2D eigenvalue weighted by Crippen LogP contribution is 2.33. The van der Waals surface area contributed by atoms with Gasteiger partial charge in [0.2, 0.25) is 0 Å². The standard InChI is InChI=1S/C15H20O.O2S/c1-11-8-9-15(16)12(2)14(10-11)13-6-4-3-5-7-13;1-3-2/h3-7,10-12,15-16H,8-9H2,1-2H3;. The van der Waals surface area contributed by atoms with Crippen LogP contribution in [0, 0.1) is 11.8 Å². The predicted octanol–water partition coefficient (Wildman–Crippen LogP) is 2.83. The summed E-state index contributed by atoms with van der Waals surface area (Å²) in [5.41, 5.74) is 2.56. The van der Waals surface area contributed by atoms with Gasteiger partial charge in [0.05, 0.1) is 6.10 Å². The molecule has 0 radical (unpaired) electrons. The van der Waals surface area contributed by atoms with E-state index in [1.54, 1.807) is 0 Å². The van der Waals surface area contributed by atoms with Crippen molar-refractivity contribution in [2.24, 2.45) is 11.8 Å². The van der Waals surface area contributed by atoms with Crippen LogP contribution in [0.1, 0.15) is 32.3 Å². The van der Waals surface area contributed by atoms with E-state index in [1.165, 1.54) is 11.1 Å². The minimum atomic E-state index is -0.750. The molecule has 4 heteroatoms. The molecule has 2 rings (SSSR count). The molecule has 0 saturated carbocycles. The zero-order valence-electron chi connectivity index (χ0n) is 11.3. The number of aliphatic hydroxyl groups excluding tert-OH is 1. The topological polar surface area (TPSA) is 54.4 Å². The zero-order valence-corrected chi connectivity index (χ0v) is 12.1. The molecule has 0 heterocycles. The average Bonchev–Trinajstić information content (AvgIpc) is 2.54. The van der Waals surface area contributed by atoms with Crippen molar-refractivity contribution >= 4 is 17.1 Å². The summed E-state index contributed by atoms with van der Waals surface area (Å²) in [6.45, 7) is 4.36. The highest BCUT2D eigenvalue weighted by atomic mass is 32.1. The number of allylic oxidation sites excluding steroid dienone is 1. The summed E-state index contributed by atoms with van der Waals surface area (Å²) in [6.07, 6.45) is 4.13. The van der Waals surface area contributed by atoms with Crippen molar-refractivity contribution in [3.8, 4) is 0 Å². The smallest absolute Gasteiger partial charge is 0.335 e. The molecule has 0 spiro atoms. The lowest BCUT2D eigenvalue weighted by Crippen LogP contribution is -2.17. The number of hydrogen-bond acceptors (Lipinski definition) is 3. The quantitative estimate of drug-likeness (QED) is 0.860. The molecule has 3 unspecified atom stereocenters. The second kappa shape index (κ2) is 8.02. The third-order valence-corrected chi connectivity index (χ3v) is 3.56. The summed E-state index contributed by atoms with van der Waals surface area (Å²) in [5, 5.41) is 10.1. The molecule has 19 heavy (non-hydrogen) atoms. The molecule has 0 aliphatic heterocycles. The molecule has 104 valence electrons. The molecule has 0 amide bonds. The molecule has 0 aromatic heterocycles. The molecule has 1 aromatic carbocycles. The Morgan fingerprint density at radius 2 is 1.68 bits per heavy atom. The van der Waals surface area contributed by atoms with Crippen LogP contribution in [-0.2, 0) is 11.6 Å². The van der Waals surface area contributed by atoms with E-state index in [9.17, 15) is 5.11 Å². The maximum absolute atomic E-state index is 10.1. The van der Waals surface area contributed by atoms with Crippen LogP contribution < -0.4 is 0 Å². The van der Waals surface area contributed by atoms with Crippen molar-refractivity contribution in [3.63, 3.8) is 0 Å². The lowest BCUT2D eigenvalue weighted by Gasteiger charge is -2.19. The fourth-order valence-corrected chi connectivity index (χ4v) is 2.42. The predicted molar refractivity (Wildman–Crippen MR) is 76.9 cm³/mol. The summed E-state index contributed by atoms with van der Waals surface area (Å²) < 4.78 is 16.6. The van der Waals surface area contributed by atoms with Gasteiger partial charge in [0.15, 0.2) is 0 Å². The Hall–Kier alpha value is -1.26. The minimum absolute atomic E-state index is 0.198. The molecule has 0 bridgehead atoms. The molecular formula is C15H20O3S. The van der Waals surface area contributed by atoms with Crippen molar-refractivity contribution in [2.75, 3.05) is 0 Å². The van der Waals surface area contributed by atoms with Gasteiger partial charge in [-0.25, -0.2) is 0 Å². The Balaban J connectivity index is 0.000000550. The van der Waals surface area contributed by atoms with Crippen LogP contribution in [0.5, 0.6) is 0 Å². The summed E-state index contributed by atoms with van der Waals surface area (Å²) in [4.78, 5) is 0. The molecular weight excluding hydrogens is 260 g/mol. The SMILES string of the molecule is CC1C=C(c2ccccc2)C(C)C(O)CC1.O=S=O. The van der Waals surface area contributed by atoms with Gasteiger partial charge in [-0.05, 0) is 29.9 Å². The fourth-order valence-electron chi connectivity index (χ4n) is 2.42. The van der Waals surface area contributed by atoms with Gasteiger partial charge in [-0.3, -0.25) is 0 Å². The first-order chi connectivity index (χ1) is 9.10. The van der Waals surface area contributed by atoms with Gasteiger partial charge in [-0.1, -0.05) is 50.3 Å². The highest BCUT2D eigenvalue weighted by Gasteiger charge is 2.23. The maximum atomic E-state index is 10.1. The van der Waals surface area contributed by atoms with Gasteiger partial charge in [-0.15, -0.1) is 0 Å². The highest BCUT2D eigenvalue weighted by molar-refractivity contribution is 7.51. The van der Waals surface area contributed by atoms with Crippen LogP contribution in [0.15, 0.2) is 36.4 Å². The van der Waals surface area contributed by atoms with Crippen LogP contribution in [0.4, 0.5) is 0 Å². The van der Waals surface area contributed by atoms with Crippen LogP contribution >= 0.6 is 0 Å². The second-order valence-corrected chi connectivity index (χ2v) is 5.10. The Kier molecular flexibility index (Phi) is 6.67. The molecule has 3 atom stereocenters. The number of aliphatic hydroxyl groups is 1. The molecule has 0 saturated heterocycles. The van der Waals surface area contributed by atoms with Crippen molar-refractivity contribution in [1.29, 1.82) is 0 Å². The van der Waals surface area contributed by atoms with E-state index in [0.29, 0.717) is 5.92 Å². The molecule has 1 aromatic rings. The van der Waals surface area contributed by atoms with E-state index in [4.69, 9.17) is 8.42 Å². The first kappa shape index (κ1) is 15.8. The molecule has 3 nitrogen and oxygen atoms in total. The summed E-state index contributed by atoms with van der Waals surface area (Å²) in [6, 6.07) is 10.4. The van der Waals surface area contributed by atoms with Gasteiger partial charge in [-0.2, -0.15) is 8.42 Å². The molecule has 1 aliphatic rings. The van der Waals surface area contributed by atoms with Crippen molar-refractivity contribution in [3.05, 3.63) is 42.0 Å². The van der Waals surface area contributed by atoms with E-state index in [1.807, 2.05) is 6.07 Å². The summed E-state index contributed by atoms with van der Waals surface area (Å²) in [5.74, 6) is 0.808. The van der Waals surface area contributed by atoms with Crippen LogP contribution in [0.25, 0.3) is 5.57 Å². The summed E-state index contributed by atoms with van der Waals surface area (Å²) >= 11 is -0.750. The minimum Gasteiger partial charge on any atom is -0.393 e. The van der Waals surface area contributed by atoms with Gasteiger partial charge in [0.25, 0.3) is 0 Å². The summed E-state index contributed by atoms with van der Waals surface area (Å²) in [7, 11) is 0. The van der Waals surface area contributed by atoms with E-state index in [2.05, 4.69) is 44.2 Å². The Morgan fingerprint density at radius 1 is 1.11 bits per heavy atom. The molecule has 0 fully saturated rings. The second-order valence-electron chi connectivity index (χ2n) is 4.97. The third kappa shape index (κ3) is 4.73. The Bertz CT molecular complexity index is 450. The molecule has 1 aliphatic carbocycles. The largest absolute Gasteiger partial charge is 0.393 e. The fraction of sp³-hybridized carbons (Fsp3) is 0.467. The van der Waals surface area contributed by atoms with E-state index in [-0.39, 0.29) is 12.0 Å². The number of benzene rings is 1. The average molecular weight is 280 g/mol. The Labute approximate surface area is 118 Å². The van der Waals surface area contributed by atoms with Gasteiger partial charge >= 0.3 is 11.6 Å². The van der Waals surface area contributed by atoms with Crippen molar-refractivity contribution in [1.82, 2.24) is 0 Å². The van der Waals surface area contributed by atoms with E-state index in [0.717, 1.165) is 12.8 Å². The molecule has 1 N–H and O–H groups in total. The third-order valence-electron chi connectivity index (χ3n) is 3.56. The maximum Gasteiger partial charge on any atom is 0.335 e. The normalized spacial score (nSPS) is 26.5. The van der Waals surface area contributed by atoms with Gasteiger partial charge in [0.1, 0.15) is 0 Å². The van der Waals surface area contributed by atoms with Gasteiger partial charge < -0.3 is 5.11 Å². The lowest BCUT2D eigenvalue weighted by atomic mass is 9.89. The van der Waals surface area contributed by atoms with Crippen LogP contribution in [0.3, 0.4) is 0 Å². The lowest BCUT2D eigenvalue weighted by molar-refractivity contribution is 0.130. The zero-order chi connectivity index (χ0) is 14.3. The first-order valence-corrected chi connectivity index (χ1v) is 7.13. The number of hydrogen-bond donors (Lipinski definition) is 1. The monoisotopic (exact) mass is 280 g/mol. The van der Waals surface area contributed by atoms with E-state index >= 15 is 0 Å². The number of rotatable bonds is 1. The first-order valence-electron chi connectivity index (χ1n) is 6.47. The van der Waals surface area contributed by atoms with Crippen molar-refractivity contribution in [2.45, 2.75) is 32.8 Å².